The van der Waals surface area contributed by atoms with Gasteiger partial charge in [0.15, 0.2) is 5.75 Å². The molecule has 3 aromatic rings. The summed E-state index contributed by atoms with van der Waals surface area (Å²) in [5.74, 6) is -1.35. The molecule has 1 aliphatic heterocycles. The Morgan fingerprint density at radius 1 is 1.13 bits per heavy atom. The minimum absolute atomic E-state index is 0.00661. The number of hydrogen-bond donors (Lipinski definition) is 1. The molecule has 0 bridgehead atoms. The van der Waals surface area contributed by atoms with Crippen LogP contribution >= 0.6 is 39.3 Å². The molecule has 3 aromatic carbocycles. The van der Waals surface area contributed by atoms with E-state index >= 15 is 0 Å². The zero-order valence-electron chi connectivity index (χ0n) is 19.4. The van der Waals surface area contributed by atoms with Gasteiger partial charge in [0.25, 0.3) is 11.1 Å². The lowest BCUT2D eigenvalue weighted by Gasteiger charge is -2.13. The molecule has 1 N–H and O–H groups in total. The summed E-state index contributed by atoms with van der Waals surface area (Å²) in [6, 6.07) is 13.7. The number of rotatable bonds is 7. The van der Waals surface area contributed by atoms with Gasteiger partial charge in [0.1, 0.15) is 10.7 Å². The third-order valence-electron chi connectivity index (χ3n) is 5.13. The van der Waals surface area contributed by atoms with Crippen molar-refractivity contribution in [2.75, 3.05) is 5.32 Å². The maximum Gasteiger partial charge on any atom is 0.339 e. The molecule has 0 aromatic heterocycles. The molecule has 4 rings (SSSR count). The molecule has 1 fully saturated rings. The minimum Gasteiger partial charge on any atom is -0.378 e. The van der Waals surface area contributed by atoms with Gasteiger partial charge in [0, 0.05) is 17.6 Å². The number of benzene rings is 3. The summed E-state index contributed by atoms with van der Waals surface area (Å²) in [4.78, 5) is 37.5. The highest BCUT2D eigenvalue weighted by Gasteiger charge is 2.35. The predicted octanol–water partition coefficient (Wildman–Crippen LogP) is 6.20. The largest absolute Gasteiger partial charge is 0.378 e. The molecule has 0 unspecified atom stereocenters. The molecule has 196 valence electrons. The van der Waals surface area contributed by atoms with E-state index < -0.39 is 27.1 Å². The van der Waals surface area contributed by atoms with Crippen molar-refractivity contribution in [2.45, 2.75) is 18.4 Å². The molecule has 0 spiro atoms. The number of carbonyl (C=O) groups is 3. The van der Waals surface area contributed by atoms with Crippen molar-refractivity contribution in [1.29, 1.82) is 0 Å². The lowest BCUT2D eigenvalue weighted by Crippen LogP contribution is -2.27. The van der Waals surface area contributed by atoms with Gasteiger partial charge in [-0.1, -0.05) is 23.7 Å². The number of hydrogen-bond acceptors (Lipinski definition) is 7. The summed E-state index contributed by atoms with van der Waals surface area (Å²) in [6.07, 6.45) is 1.49. The Balaban J connectivity index is 1.49. The van der Waals surface area contributed by atoms with Gasteiger partial charge < -0.3 is 9.50 Å². The van der Waals surface area contributed by atoms with Crippen LogP contribution in [0.1, 0.15) is 18.1 Å². The van der Waals surface area contributed by atoms with Gasteiger partial charge in [-0.3, -0.25) is 19.3 Å². The van der Waals surface area contributed by atoms with E-state index in [1.165, 1.54) is 67.6 Å². The Morgan fingerprint density at radius 2 is 1.84 bits per heavy atom. The van der Waals surface area contributed by atoms with Gasteiger partial charge in [0.05, 0.1) is 15.9 Å². The van der Waals surface area contributed by atoms with Crippen molar-refractivity contribution in [3.8, 4) is 5.75 Å². The molecule has 38 heavy (non-hydrogen) atoms. The summed E-state index contributed by atoms with van der Waals surface area (Å²) in [6.45, 7) is 1.23. The van der Waals surface area contributed by atoms with Crippen LogP contribution in [0.15, 0.2) is 74.9 Å². The second-order valence-electron chi connectivity index (χ2n) is 7.94. The van der Waals surface area contributed by atoms with Crippen LogP contribution in [0.25, 0.3) is 6.08 Å². The van der Waals surface area contributed by atoms with E-state index in [1.54, 1.807) is 0 Å². The molecule has 1 saturated heterocycles. The molecular weight excluding hydrogens is 623 g/mol. The van der Waals surface area contributed by atoms with Crippen LogP contribution < -0.4 is 9.50 Å². The normalized spacial score (nSPS) is 14.7. The fourth-order valence-electron chi connectivity index (χ4n) is 3.36. The third kappa shape index (κ3) is 6.44. The highest BCUT2D eigenvalue weighted by Crippen LogP contribution is 2.36. The molecule has 1 aliphatic rings. The second-order valence-corrected chi connectivity index (χ2v) is 11.7. The van der Waals surface area contributed by atoms with Crippen LogP contribution in [0, 0.1) is 5.82 Å². The first-order chi connectivity index (χ1) is 17.9. The van der Waals surface area contributed by atoms with Gasteiger partial charge in [-0.05, 0) is 93.4 Å². The van der Waals surface area contributed by atoms with E-state index in [-0.39, 0.29) is 33.0 Å². The molecule has 8 nitrogen and oxygen atoms in total. The van der Waals surface area contributed by atoms with Gasteiger partial charge in [0.2, 0.25) is 5.91 Å². The standard InChI is InChI=1S/C25H17BrClFN2O6S2/c1-14(31)29-18-5-7-19(8-6-18)38(34,35)36-22-9-2-15(10-20(22)26)11-23-24(32)30(25(33)37-23)13-16-3-4-17(28)12-21(16)27/h2-12H,13H2,1H3,(H,29,31)/b23-11-. The Labute approximate surface area is 235 Å². The number of thioether (sulfide) groups is 1. The first kappa shape index (κ1) is 27.8. The van der Waals surface area contributed by atoms with Crippen LogP contribution in [-0.4, -0.2) is 30.4 Å². The monoisotopic (exact) mass is 638 g/mol. The van der Waals surface area contributed by atoms with E-state index in [4.69, 9.17) is 15.8 Å². The molecule has 3 amide bonds. The molecule has 0 atom stereocenters. The van der Waals surface area contributed by atoms with E-state index in [9.17, 15) is 27.2 Å². The first-order valence-corrected chi connectivity index (χ1v) is 14.1. The zero-order valence-corrected chi connectivity index (χ0v) is 23.4. The predicted molar refractivity (Wildman–Crippen MR) is 146 cm³/mol. The van der Waals surface area contributed by atoms with Crippen molar-refractivity contribution >= 4 is 78.2 Å². The Morgan fingerprint density at radius 3 is 2.47 bits per heavy atom. The van der Waals surface area contributed by atoms with Crippen molar-refractivity contribution in [3.05, 3.63) is 92.0 Å². The number of amides is 3. The number of anilines is 1. The molecule has 13 heteroatoms. The summed E-state index contributed by atoms with van der Waals surface area (Å²) >= 11 is 10.0. The van der Waals surface area contributed by atoms with Crippen molar-refractivity contribution in [1.82, 2.24) is 4.90 Å². The highest BCUT2D eigenvalue weighted by molar-refractivity contribution is 9.10. The minimum atomic E-state index is -4.18. The summed E-state index contributed by atoms with van der Waals surface area (Å²) in [5.41, 5.74) is 1.37. The third-order valence-corrected chi connectivity index (χ3v) is 8.26. The van der Waals surface area contributed by atoms with Crippen LogP contribution in [0.4, 0.5) is 14.9 Å². The van der Waals surface area contributed by atoms with Crippen LogP contribution in [0.3, 0.4) is 0 Å². The van der Waals surface area contributed by atoms with Crippen LogP contribution in [0.5, 0.6) is 5.75 Å². The number of halogens is 3. The van der Waals surface area contributed by atoms with E-state index in [1.807, 2.05) is 0 Å². The Hall–Kier alpha value is -3.19. The van der Waals surface area contributed by atoms with Crippen molar-refractivity contribution in [2.24, 2.45) is 0 Å². The van der Waals surface area contributed by atoms with Crippen molar-refractivity contribution < 1.29 is 31.4 Å². The van der Waals surface area contributed by atoms with E-state index in [0.29, 0.717) is 21.3 Å². The Bertz CT molecular complexity index is 1600. The maximum absolute atomic E-state index is 13.3. The van der Waals surface area contributed by atoms with E-state index in [2.05, 4.69) is 21.2 Å². The molecule has 0 saturated carbocycles. The fourth-order valence-corrected chi connectivity index (χ4v) is 5.95. The molecule has 0 radical (unpaired) electrons. The summed E-state index contributed by atoms with van der Waals surface area (Å²) < 4.78 is 44.2. The molecular formula is C25H17BrClFN2O6S2. The maximum atomic E-state index is 13.3. The highest BCUT2D eigenvalue weighted by atomic mass is 79.9. The van der Waals surface area contributed by atoms with Gasteiger partial charge >= 0.3 is 10.1 Å². The lowest BCUT2D eigenvalue weighted by atomic mass is 10.2. The average molecular weight is 640 g/mol. The van der Waals surface area contributed by atoms with E-state index in [0.717, 1.165) is 22.7 Å². The lowest BCUT2D eigenvalue weighted by molar-refractivity contribution is -0.123. The second kappa shape index (κ2) is 11.3. The van der Waals surface area contributed by atoms with Crippen molar-refractivity contribution in [3.63, 3.8) is 0 Å². The zero-order chi connectivity index (χ0) is 27.6. The van der Waals surface area contributed by atoms with Crippen LogP contribution in [-0.2, 0) is 26.3 Å². The topological polar surface area (TPSA) is 110 Å². The first-order valence-electron chi connectivity index (χ1n) is 10.7. The summed E-state index contributed by atoms with van der Waals surface area (Å²) in [5, 5.41) is 2.15. The number of nitrogens with one attached hydrogen (secondary N) is 1. The smallest absolute Gasteiger partial charge is 0.339 e. The van der Waals surface area contributed by atoms with Gasteiger partial charge in [-0.25, -0.2) is 4.39 Å². The average Bonchev–Trinajstić information content (AvgIpc) is 3.09. The van der Waals surface area contributed by atoms with Crippen LogP contribution in [0.2, 0.25) is 5.02 Å². The number of imide groups is 1. The summed E-state index contributed by atoms with van der Waals surface area (Å²) in [7, 11) is -4.18. The quantitative estimate of drug-likeness (QED) is 0.242. The number of nitrogens with zero attached hydrogens (tertiary/aromatic N) is 1. The fraction of sp³-hybridized carbons (Fsp3) is 0.0800. The molecule has 0 aliphatic carbocycles. The number of carbonyl (C=O) groups excluding carboxylic acids is 3. The van der Waals surface area contributed by atoms with Gasteiger partial charge in [-0.2, -0.15) is 8.42 Å². The SMILES string of the molecule is CC(=O)Nc1ccc(S(=O)(=O)Oc2ccc(/C=C3\SC(=O)N(Cc4ccc(F)cc4Cl)C3=O)cc2Br)cc1. The van der Waals surface area contributed by atoms with Gasteiger partial charge in [-0.15, -0.1) is 0 Å². The Kier molecular flexibility index (Phi) is 8.26. The molecule has 1 heterocycles.